The number of hydrogen-bond donors (Lipinski definition) is 1. The number of hydrogen-bond acceptors (Lipinski definition) is 3. The Hall–Kier alpha value is -0.730. The van der Waals surface area contributed by atoms with Gasteiger partial charge in [0.15, 0.2) is 0 Å². The molecule has 0 aliphatic rings. The monoisotopic (exact) mass is 329 g/mol. The van der Waals surface area contributed by atoms with E-state index < -0.39 is 16.6 Å². The third-order valence-electron chi connectivity index (χ3n) is 1.79. The summed E-state index contributed by atoms with van der Waals surface area (Å²) >= 11 is 2.83. The molecule has 0 amide bonds. The summed E-state index contributed by atoms with van der Waals surface area (Å²) in [7, 11) is -3.33. The highest BCUT2D eigenvalue weighted by Crippen LogP contribution is 2.14. The van der Waals surface area contributed by atoms with E-state index in [0.29, 0.717) is 5.56 Å². The van der Waals surface area contributed by atoms with Gasteiger partial charge in [-0.1, -0.05) is 28.1 Å². The number of ether oxygens (including phenoxy) is 1. The molecule has 0 saturated heterocycles. The number of sulfonamides is 1. The number of rotatable bonds is 6. The fourth-order valence-corrected chi connectivity index (χ4v) is 1.97. The maximum atomic E-state index is 11.9. The molecular weight excluding hydrogens is 320 g/mol. The third kappa shape index (κ3) is 5.42. The van der Waals surface area contributed by atoms with E-state index in [1.54, 1.807) is 0 Å². The van der Waals surface area contributed by atoms with E-state index in [1.165, 1.54) is 24.3 Å². The van der Waals surface area contributed by atoms with Crippen molar-refractivity contribution in [2.45, 2.75) is 13.2 Å². The van der Waals surface area contributed by atoms with Crippen LogP contribution in [0.4, 0.5) is 8.78 Å². The van der Waals surface area contributed by atoms with E-state index in [0.717, 1.165) is 0 Å². The Morgan fingerprint density at radius 2 is 1.88 bits per heavy atom. The van der Waals surface area contributed by atoms with Crippen LogP contribution >= 0.6 is 15.9 Å². The van der Waals surface area contributed by atoms with Crippen molar-refractivity contribution in [3.63, 3.8) is 0 Å². The Kier molecular flexibility index (Phi) is 5.29. The summed E-state index contributed by atoms with van der Waals surface area (Å²) < 4.78 is 52.2. The highest BCUT2D eigenvalue weighted by Gasteiger charge is 2.07. The Labute approximate surface area is 106 Å². The summed E-state index contributed by atoms with van der Waals surface area (Å²) in [4.78, 5) is 0. The number of alkyl halides is 3. The minimum Gasteiger partial charge on any atom is -0.435 e. The molecule has 0 aliphatic carbocycles. The van der Waals surface area contributed by atoms with Crippen LogP contribution in [0.2, 0.25) is 0 Å². The Morgan fingerprint density at radius 3 is 2.35 bits per heavy atom. The molecule has 17 heavy (non-hydrogen) atoms. The normalized spacial score (nSPS) is 11.8. The average molecular weight is 330 g/mol. The largest absolute Gasteiger partial charge is 0.435 e. The average Bonchev–Trinajstić information content (AvgIpc) is 2.28. The van der Waals surface area contributed by atoms with Crippen LogP contribution in [-0.4, -0.2) is 19.7 Å². The van der Waals surface area contributed by atoms with Gasteiger partial charge in [-0.25, -0.2) is 13.1 Å². The molecule has 1 aromatic carbocycles. The molecule has 0 spiro atoms. The SMILES string of the molecule is O=S(=O)(CBr)NCc1ccc(OC(F)F)cc1. The molecule has 0 unspecified atom stereocenters. The van der Waals surface area contributed by atoms with E-state index in [-0.39, 0.29) is 17.0 Å². The molecule has 0 aromatic heterocycles. The molecule has 96 valence electrons. The maximum Gasteiger partial charge on any atom is 0.387 e. The second-order valence-corrected chi connectivity index (χ2v) is 6.18. The predicted octanol–water partition coefficient (Wildman–Crippen LogP) is 2.06. The molecule has 1 aromatic rings. The smallest absolute Gasteiger partial charge is 0.387 e. The summed E-state index contributed by atoms with van der Waals surface area (Å²) in [5, 5.41) is 0. The lowest BCUT2D eigenvalue weighted by molar-refractivity contribution is -0.0498. The van der Waals surface area contributed by atoms with Crippen molar-refractivity contribution in [3.05, 3.63) is 29.8 Å². The fraction of sp³-hybridized carbons (Fsp3) is 0.333. The highest BCUT2D eigenvalue weighted by molar-refractivity contribution is 9.10. The number of halogens is 3. The molecule has 0 fully saturated rings. The predicted molar refractivity (Wildman–Crippen MR) is 62.6 cm³/mol. The van der Waals surface area contributed by atoms with Crippen molar-refractivity contribution in [3.8, 4) is 5.75 Å². The zero-order chi connectivity index (χ0) is 12.9. The molecule has 4 nitrogen and oxygen atoms in total. The lowest BCUT2D eigenvalue weighted by Crippen LogP contribution is -2.23. The first kappa shape index (κ1) is 14.3. The summed E-state index contributed by atoms with van der Waals surface area (Å²) in [5.41, 5.74) is 0.649. The second kappa shape index (κ2) is 6.27. The van der Waals surface area contributed by atoms with Gasteiger partial charge in [-0.15, -0.1) is 0 Å². The van der Waals surface area contributed by atoms with Crippen LogP contribution in [0.1, 0.15) is 5.56 Å². The van der Waals surface area contributed by atoms with Crippen molar-refractivity contribution >= 4 is 26.0 Å². The number of benzene rings is 1. The topological polar surface area (TPSA) is 55.4 Å². The molecule has 1 N–H and O–H groups in total. The van der Waals surface area contributed by atoms with Gasteiger partial charge in [-0.2, -0.15) is 8.78 Å². The minimum absolute atomic E-state index is 0.0344. The van der Waals surface area contributed by atoms with Crippen LogP contribution in [0.15, 0.2) is 24.3 Å². The van der Waals surface area contributed by atoms with Gasteiger partial charge in [0, 0.05) is 6.54 Å². The quantitative estimate of drug-likeness (QED) is 0.813. The molecule has 0 atom stereocenters. The van der Waals surface area contributed by atoms with Crippen molar-refractivity contribution in [2.24, 2.45) is 0 Å². The zero-order valence-corrected chi connectivity index (χ0v) is 11.0. The first-order valence-corrected chi connectivity index (χ1v) is 7.27. The van der Waals surface area contributed by atoms with Crippen molar-refractivity contribution in [2.75, 3.05) is 4.66 Å². The van der Waals surface area contributed by atoms with Crippen molar-refractivity contribution in [1.29, 1.82) is 0 Å². The Morgan fingerprint density at radius 1 is 1.29 bits per heavy atom. The highest BCUT2D eigenvalue weighted by atomic mass is 79.9. The molecule has 1 rings (SSSR count). The van der Waals surface area contributed by atoms with E-state index >= 15 is 0 Å². The van der Waals surface area contributed by atoms with E-state index in [9.17, 15) is 17.2 Å². The van der Waals surface area contributed by atoms with Crippen LogP contribution in [-0.2, 0) is 16.6 Å². The molecule has 0 heterocycles. The summed E-state index contributed by atoms with van der Waals surface area (Å²) in [6, 6.07) is 5.72. The van der Waals surface area contributed by atoms with E-state index in [2.05, 4.69) is 25.4 Å². The third-order valence-corrected chi connectivity index (χ3v) is 4.47. The van der Waals surface area contributed by atoms with Gasteiger partial charge < -0.3 is 4.74 Å². The first-order valence-electron chi connectivity index (χ1n) is 4.50. The number of nitrogens with one attached hydrogen (secondary N) is 1. The van der Waals surface area contributed by atoms with Gasteiger partial charge in [0.2, 0.25) is 10.0 Å². The van der Waals surface area contributed by atoms with Crippen molar-refractivity contribution in [1.82, 2.24) is 4.72 Å². The molecular formula is C9H10BrF2NO3S. The van der Waals surface area contributed by atoms with Gasteiger partial charge >= 0.3 is 6.61 Å². The molecule has 0 radical (unpaired) electrons. The molecule has 0 aliphatic heterocycles. The summed E-state index contributed by atoms with van der Waals surface area (Å²) in [5.74, 6) is 0.0344. The Bertz CT molecular complexity index is 450. The second-order valence-electron chi connectivity index (χ2n) is 3.07. The van der Waals surface area contributed by atoms with Gasteiger partial charge in [0.05, 0.1) is 0 Å². The minimum atomic E-state index is -3.33. The van der Waals surface area contributed by atoms with Crippen LogP contribution in [0, 0.1) is 0 Å². The van der Waals surface area contributed by atoms with Gasteiger partial charge in [-0.05, 0) is 17.7 Å². The van der Waals surface area contributed by atoms with Crippen molar-refractivity contribution < 1.29 is 21.9 Å². The van der Waals surface area contributed by atoms with E-state index in [1.807, 2.05) is 0 Å². The van der Waals surface area contributed by atoms with Crippen LogP contribution < -0.4 is 9.46 Å². The lowest BCUT2D eigenvalue weighted by Gasteiger charge is -2.06. The van der Waals surface area contributed by atoms with Crippen LogP contribution in [0.25, 0.3) is 0 Å². The Balaban J connectivity index is 2.57. The van der Waals surface area contributed by atoms with Gasteiger partial charge in [0.25, 0.3) is 0 Å². The zero-order valence-electron chi connectivity index (χ0n) is 8.57. The molecule has 0 saturated carbocycles. The molecule has 0 bridgehead atoms. The van der Waals surface area contributed by atoms with Gasteiger partial charge in [0.1, 0.15) is 10.4 Å². The van der Waals surface area contributed by atoms with Gasteiger partial charge in [-0.3, -0.25) is 0 Å². The lowest BCUT2D eigenvalue weighted by atomic mass is 10.2. The summed E-state index contributed by atoms with van der Waals surface area (Å²) in [6.45, 7) is -2.77. The maximum absolute atomic E-state index is 11.9. The van der Waals surface area contributed by atoms with Crippen LogP contribution in [0.3, 0.4) is 0 Å². The van der Waals surface area contributed by atoms with E-state index in [4.69, 9.17) is 0 Å². The summed E-state index contributed by atoms with van der Waals surface area (Å²) in [6.07, 6.45) is 0. The standard InChI is InChI=1S/C9H10BrF2NO3S/c10-6-17(14,15)13-5-7-1-3-8(4-2-7)16-9(11)12/h1-4,9,13H,5-6H2. The van der Waals surface area contributed by atoms with Crippen LogP contribution in [0.5, 0.6) is 5.75 Å². The fourth-order valence-electron chi connectivity index (χ4n) is 1.02. The first-order chi connectivity index (χ1) is 7.93. The molecule has 8 heteroatoms.